The quantitative estimate of drug-likeness (QED) is 0.282. The maximum atomic E-state index is 11.5. The van der Waals surface area contributed by atoms with E-state index in [1.807, 2.05) is 0 Å². The lowest BCUT2D eigenvalue weighted by atomic mass is 10.1. The summed E-state index contributed by atoms with van der Waals surface area (Å²) in [7, 11) is 0. The molecule has 3 rings (SSSR count). The molecule has 0 unspecified atom stereocenters. The van der Waals surface area contributed by atoms with Crippen molar-refractivity contribution >= 4 is 29.5 Å². The van der Waals surface area contributed by atoms with E-state index in [9.17, 15) is 20.0 Å². The van der Waals surface area contributed by atoms with Gasteiger partial charge in [-0.05, 0) is 37.7 Å². The number of aliphatic carboxylic acids is 1. The maximum absolute atomic E-state index is 11.5. The molecule has 10 heteroatoms. The summed E-state index contributed by atoms with van der Waals surface area (Å²) in [5, 5.41) is 27.3. The molecule has 0 aliphatic carbocycles. The van der Waals surface area contributed by atoms with E-state index < -0.39 is 10.9 Å². The molecule has 2 heterocycles. The fourth-order valence-electron chi connectivity index (χ4n) is 2.28. The van der Waals surface area contributed by atoms with Crippen LogP contribution in [-0.4, -0.2) is 31.2 Å². The first kappa shape index (κ1) is 18.4. The number of thioether (sulfide) groups is 1. The number of nitro benzene ring substituents is 1. The molecule has 9 nitrogen and oxygen atoms in total. The van der Waals surface area contributed by atoms with Crippen molar-refractivity contribution in [3.8, 4) is 11.3 Å². The average molecular weight is 386 g/mol. The molecule has 27 heavy (non-hydrogen) atoms. The van der Waals surface area contributed by atoms with Gasteiger partial charge in [0.2, 0.25) is 5.16 Å². The van der Waals surface area contributed by atoms with Crippen molar-refractivity contribution in [3.63, 3.8) is 0 Å². The van der Waals surface area contributed by atoms with Gasteiger partial charge in [-0.2, -0.15) is 0 Å². The Hall–Kier alpha value is -3.40. The van der Waals surface area contributed by atoms with E-state index in [0.29, 0.717) is 28.5 Å². The Labute approximate surface area is 157 Å². The van der Waals surface area contributed by atoms with Gasteiger partial charge in [0.05, 0.1) is 4.92 Å². The number of hydrogen-bond donors (Lipinski definition) is 2. The topological polar surface area (TPSA) is 135 Å². The second-order valence-corrected chi connectivity index (χ2v) is 6.59. The predicted octanol–water partition coefficient (Wildman–Crippen LogP) is 3.81. The molecule has 0 aliphatic rings. The number of carboxylic acids is 1. The second-order valence-electron chi connectivity index (χ2n) is 5.58. The molecule has 0 radical (unpaired) electrons. The maximum Gasteiger partial charge on any atom is 0.342 e. The molecule has 2 aromatic heterocycles. The molecule has 0 bridgehead atoms. The number of nitro groups is 1. The number of rotatable bonds is 6. The van der Waals surface area contributed by atoms with Crippen LogP contribution in [0.25, 0.3) is 17.4 Å². The highest BCUT2D eigenvalue weighted by atomic mass is 32.2. The van der Waals surface area contributed by atoms with Gasteiger partial charge >= 0.3 is 5.97 Å². The predicted molar refractivity (Wildman–Crippen MR) is 98.1 cm³/mol. The zero-order chi connectivity index (χ0) is 19.6. The van der Waals surface area contributed by atoms with Crippen molar-refractivity contribution in [2.45, 2.75) is 19.0 Å². The number of aromatic nitrogens is 3. The van der Waals surface area contributed by atoms with Crippen LogP contribution < -0.4 is 0 Å². The highest BCUT2D eigenvalue weighted by molar-refractivity contribution is 8.04. The molecule has 0 atom stereocenters. The zero-order valence-electron chi connectivity index (χ0n) is 14.3. The van der Waals surface area contributed by atoms with Crippen LogP contribution in [0.15, 0.2) is 44.8 Å². The van der Waals surface area contributed by atoms with E-state index in [-0.39, 0.29) is 15.7 Å². The molecule has 3 aromatic rings. The van der Waals surface area contributed by atoms with Gasteiger partial charge in [-0.15, -0.1) is 5.10 Å². The van der Waals surface area contributed by atoms with E-state index in [0.717, 1.165) is 11.8 Å². The van der Waals surface area contributed by atoms with Crippen molar-refractivity contribution < 1.29 is 19.2 Å². The summed E-state index contributed by atoms with van der Waals surface area (Å²) in [4.78, 5) is 26.1. The molecule has 0 fully saturated rings. The fourth-order valence-corrected chi connectivity index (χ4v) is 3.01. The van der Waals surface area contributed by atoms with E-state index in [1.165, 1.54) is 12.1 Å². The monoisotopic (exact) mass is 386 g/mol. The number of carboxylic acid groups (broad SMARTS) is 1. The summed E-state index contributed by atoms with van der Waals surface area (Å²) in [5.74, 6) is 0.119. The minimum atomic E-state index is -1.15. The number of nitrogens with zero attached hydrogens (tertiary/aromatic N) is 3. The van der Waals surface area contributed by atoms with E-state index in [2.05, 4.69) is 15.2 Å². The normalized spacial score (nSPS) is 11.6. The SMILES string of the molecule is Cc1nc(S/C(=C\c2ccc(-c3ccc(C)c([N+](=O)[O-])c3)o2)C(=O)O)n[nH]1. The number of aromatic amines is 1. The Morgan fingerprint density at radius 1 is 1.33 bits per heavy atom. The largest absolute Gasteiger partial charge is 0.477 e. The molecule has 0 amide bonds. The minimum absolute atomic E-state index is 0.0113. The van der Waals surface area contributed by atoms with E-state index >= 15 is 0 Å². The van der Waals surface area contributed by atoms with Crippen LogP contribution in [0.4, 0.5) is 5.69 Å². The molecule has 2 N–H and O–H groups in total. The van der Waals surface area contributed by atoms with Crippen molar-refractivity contribution in [1.82, 2.24) is 15.2 Å². The molecule has 1 aromatic carbocycles. The third-order valence-electron chi connectivity index (χ3n) is 3.58. The number of furan rings is 1. The van der Waals surface area contributed by atoms with Gasteiger partial charge in [-0.25, -0.2) is 9.78 Å². The van der Waals surface area contributed by atoms with Gasteiger partial charge in [0.1, 0.15) is 22.3 Å². The first-order valence-electron chi connectivity index (χ1n) is 7.70. The zero-order valence-corrected chi connectivity index (χ0v) is 15.1. The highest BCUT2D eigenvalue weighted by Crippen LogP contribution is 2.30. The van der Waals surface area contributed by atoms with Crippen molar-refractivity contribution in [1.29, 1.82) is 0 Å². The first-order chi connectivity index (χ1) is 12.8. The second kappa shape index (κ2) is 7.46. The van der Waals surface area contributed by atoms with Gasteiger partial charge in [-0.3, -0.25) is 15.2 Å². The van der Waals surface area contributed by atoms with Gasteiger partial charge < -0.3 is 9.52 Å². The van der Waals surface area contributed by atoms with Crippen LogP contribution in [0, 0.1) is 24.0 Å². The standard InChI is InChI=1S/C17H14N4O5S/c1-9-3-4-11(7-13(9)21(24)25)14-6-5-12(26-14)8-15(16(22)23)27-17-18-10(2)19-20-17/h3-8H,1-2H3,(H,22,23)(H,18,19,20)/b15-8-. The summed E-state index contributed by atoms with van der Waals surface area (Å²) in [5.41, 5.74) is 1.06. The summed E-state index contributed by atoms with van der Waals surface area (Å²) in [6.07, 6.45) is 1.35. The van der Waals surface area contributed by atoms with Crippen LogP contribution in [-0.2, 0) is 4.79 Å². The van der Waals surface area contributed by atoms with Gasteiger partial charge in [-0.1, -0.05) is 12.1 Å². The molecule has 138 valence electrons. The van der Waals surface area contributed by atoms with Crippen molar-refractivity contribution in [2.24, 2.45) is 0 Å². The Kier molecular flexibility index (Phi) is 5.08. The first-order valence-corrected chi connectivity index (χ1v) is 8.52. The van der Waals surface area contributed by atoms with Gasteiger partial charge in [0.25, 0.3) is 5.69 Å². The Morgan fingerprint density at radius 3 is 2.74 bits per heavy atom. The van der Waals surface area contributed by atoms with Crippen LogP contribution in [0.1, 0.15) is 17.1 Å². The summed E-state index contributed by atoms with van der Waals surface area (Å²) in [6.45, 7) is 3.36. The lowest BCUT2D eigenvalue weighted by Gasteiger charge is -2.00. The molecular weight excluding hydrogens is 372 g/mol. The van der Waals surface area contributed by atoms with Crippen LogP contribution in [0.3, 0.4) is 0 Å². The summed E-state index contributed by atoms with van der Waals surface area (Å²) >= 11 is 0.885. The summed E-state index contributed by atoms with van der Waals surface area (Å²) in [6, 6.07) is 7.98. The Balaban J connectivity index is 1.89. The number of aryl methyl sites for hydroxylation is 2. The van der Waals surface area contributed by atoms with Gasteiger partial charge in [0.15, 0.2) is 0 Å². The van der Waals surface area contributed by atoms with E-state index in [1.54, 1.807) is 38.1 Å². The van der Waals surface area contributed by atoms with Crippen molar-refractivity contribution in [3.05, 3.63) is 62.5 Å². The molecular formula is C17H14N4O5S. The smallest absolute Gasteiger partial charge is 0.342 e. The van der Waals surface area contributed by atoms with Gasteiger partial charge in [0, 0.05) is 23.3 Å². The Morgan fingerprint density at radius 2 is 2.11 bits per heavy atom. The molecule has 0 saturated carbocycles. The van der Waals surface area contributed by atoms with E-state index in [4.69, 9.17) is 4.42 Å². The molecule has 0 saturated heterocycles. The number of nitrogens with one attached hydrogen (secondary N) is 1. The van der Waals surface area contributed by atoms with Crippen LogP contribution in [0.2, 0.25) is 0 Å². The number of benzene rings is 1. The van der Waals surface area contributed by atoms with Crippen molar-refractivity contribution in [2.75, 3.05) is 0 Å². The molecule has 0 spiro atoms. The van der Waals surface area contributed by atoms with Crippen LogP contribution in [0.5, 0.6) is 0 Å². The average Bonchev–Trinajstić information content (AvgIpc) is 3.23. The Bertz CT molecular complexity index is 1050. The third kappa shape index (κ3) is 4.23. The molecule has 0 aliphatic heterocycles. The van der Waals surface area contributed by atoms with Crippen LogP contribution >= 0.6 is 11.8 Å². The number of carbonyl (C=O) groups is 1. The minimum Gasteiger partial charge on any atom is -0.477 e. The fraction of sp³-hybridized carbons (Fsp3) is 0.118. The summed E-state index contributed by atoms with van der Waals surface area (Å²) < 4.78 is 5.64. The third-order valence-corrected chi connectivity index (χ3v) is 4.46. The lowest BCUT2D eigenvalue weighted by molar-refractivity contribution is -0.385. The number of hydrogen-bond acceptors (Lipinski definition) is 7. The highest BCUT2D eigenvalue weighted by Gasteiger charge is 2.16. The number of H-pyrrole nitrogens is 1. The lowest BCUT2D eigenvalue weighted by Crippen LogP contribution is -1.97.